The molecule has 0 aliphatic rings. The summed E-state index contributed by atoms with van der Waals surface area (Å²) < 4.78 is 0. The molecule has 0 aliphatic heterocycles. The van der Waals surface area contributed by atoms with Crippen LogP contribution in [0.25, 0.3) is 0 Å². The van der Waals surface area contributed by atoms with Crippen molar-refractivity contribution >= 4 is 5.78 Å². The number of hydrogen-bond donors (Lipinski definition) is 1. The zero-order valence-electron chi connectivity index (χ0n) is 4.06. The van der Waals surface area contributed by atoms with Gasteiger partial charge in [-0.15, -0.1) is 0 Å². The molecule has 0 rings (SSSR count). The van der Waals surface area contributed by atoms with Gasteiger partial charge < -0.3 is 5.73 Å². The van der Waals surface area contributed by atoms with E-state index in [4.69, 9.17) is 5.73 Å². The summed E-state index contributed by atoms with van der Waals surface area (Å²) in [5, 5.41) is 0. The van der Waals surface area contributed by atoms with Crippen molar-refractivity contribution in [3.63, 3.8) is 0 Å². The summed E-state index contributed by atoms with van der Waals surface area (Å²) in [5.41, 5.74) is 5.09. The minimum Gasteiger partial charge on any atom is -0.322 e. The molecule has 0 radical (unpaired) electrons. The van der Waals surface area contributed by atoms with Crippen molar-refractivity contribution in [2.24, 2.45) is 5.73 Å². The Bertz CT molecular complexity index is 59.1. The second-order valence-electron chi connectivity index (χ2n) is 1.40. The number of nitrogens with two attached hydrogens (primary N) is 1. The third kappa shape index (κ3) is 5.63. The summed E-state index contributed by atoms with van der Waals surface area (Å²) in [4.78, 5) is 10.0. The molecule has 0 saturated heterocycles. The van der Waals surface area contributed by atoms with E-state index in [0.29, 0.717) is 0 Å². The van der Waals surface area contributed by atoms with E-state index in [1.165, 1.54) is 6.92 Å². The van der Waals surface area contributed by atoms with Crippen molar-refractivity contribution in [1.82, 2.24) is 0 Å². The maximum Gasteiger partial charge on any atom is 0.146 e. The first kappa shape index (κ1) is 9.80. The summed E-state index contributed by atoms with van der Waals surface area (Å²) in [6, 6.07) is -0.287. The van der Waals surface area contributed by atoms with Crippen molar-refractivity contribution in [1.29, 1.82) is 0 Å². The molecule has 0 fully saturated rings. The molecule has 0 bridgehead atoms. The fraction of sp³-hybridized carbons (Fsp3) is 0.800. The lowest BCUT2D eigenvalue weighted by Gasteiger charge is -1.91. The Labute approximate surface area is 44.7 Å². The lowest BCUT2D eigenvalue weighted by molar-refractivity contribution is -0.117. The Hall–Kier alpha value is -0.370. The highest BCUT2D eigenvalue weighted by molar-refractivity contribution is 5.80. The maximum absolute atomic E-state index is 10.0. The highest BCUT2D eigenvalue weighted by Crippen LogP contribution is 1.72. The molecule has 0 heterocycles. The van der Waals surface area contributed by atoms with E-state index in [1.54, 1.807) is 6.92 Å². The molecule has 0 aromatic rings. The lowest BCUT2D eigenvalue weighted by Crippen LogP contribution is -2.23. The molecule has 0 saturated carbocycles. The van der Waals surface area contributed by atoms with Gasteiger partial charge in [0.15, 0.2) is 0 Å². The molecule has 7 heavy (non-hydrogen) atoms. The van der Waals surface area contributed by atoms with Crippen LogP contribution >= 0.6 is 0 Å². The summed E-state index contributed by atoms with van der Waals surface area (Å²) in [6.45, 7) is 3.15. The second-order valence-corrected chi connectivity index (χ2v) is 1.40. The highest BCUT2D eigenvalue weighted by atomic mass is 16.1. The van der Waals surface area contributed by atoms with Crippen LogP contribution in [0, 0.1) is 0 Å². The first-order valence-electron chi connectivity index (χ1n) is 1.90. The molecule has 1 unspecified atom stereocenters. The van der Waals surface area contributed by atoms with Crippen molar-refractivity contribution in [2.75, 3.05) is 0 Å². The predicted octanol–water partition coefficient (Wildman–Crippen LogP) is 0.559. The Kier molecular flexibility index (Phi) is 5.33. The quantitative estimate of drug-likeness (QED) is 0.527. The highest BCUT2D eigenvalue weighted by Gasteiger charge is 1.95. The standard InChI is InChI=1S/C4H9NO.CH4/c1-3(5)4(2)6;/h3H,5H2,1-2H3;1H4. The Morgan fingerprint density at radius 2 is 1.86 bits per heavy atom. The zero-order valence-corrected chi connectivity index (χ0v) is 4.06. The predicted molar refractivity (Wildman–Crippen MR) is 31.1 cm³/mol. The van der Waals surface area contributed by atoms with Gasteiger partial charge in [0, 0.05) is 0 Å². The number of Topliss-reactive ketones (excluding diaryl/α,β-unsaturated/α-hetero) is 1. The molecule has 2 heteroatoms. The number of ketones is 1. The van der Waals surface area contributed by atoms with Crippen molar-refractivity contribution in [3.05, 3.63) is 0 Å². The monoisotopic (exact) mass is 103 g/mol. The fourth-order valence-electron chi connectivity index (χ4n) is 0. The molecular weight excluding hydrogens is 90.1 g/mol. The molecule has 0 aromatic carbocycles. The van der Waals surface area contributed by atoms with Gasteiger partial charge in [-0.25, -0.2) is 0 Å². The van der Waals surface area contributed by atoms with Crippen molar-refractivity contribution in [2.45, 2.75) is 27.3 Å². The third-order valence-corrected chi connectivity index (χ3v) is 0.641. The van der Waals surface area contributed by atoms with Crippen LogP contribution in [-0.2, 0) is 4.79 Å². The minimum atomic E-state index is -0.287. The van der Waals surface area contributed by atoms with Crippen LogP contribution in [0.4, 0.5) is 0 Å². The molecule has 44 valence electrons. The molecule has 1 atom stereocenters. The molecular formula is C5H13NO. The van der Waals surface area contributed by atoms with E-state index in [-0.39, 0.29) is 19.3 Å². The summed E-state index contributed by atoms with van der Waals surface area (Å²) in [6.07, 6.45) is 0. The second kappa shape index (κ2) is 3.81. The Balaban J connectivity index is 0. The molecule has 0 aliphatic carbocycles. The van der Waals surface area contributed by atoms with E-state index in [0.717, 1.165) is 0 Å². The van der Waals surface area contributed by atoms with Gasteiger partial charge in [-0.2, -0.15) is 0 Å². The summed E-state index contributed by atoms with van der Waals surface area (Å²) in [5.74, 6) is 0.0370. The normalized spacial score (nSPS) is 11.9. The van der Waals surface area contributed by atoms with E-state index in [9.17, 15) is 4.79 Å². The van der Waals surface area contributed by atoms with Gasteiger partial charge in [0.2, 0.25) is 0 Å². The maximum atomic E-state index is 10.0. The van der Waals surface area contributed by atoms with Gasteiger partial charge in [0.25, 0.3) is 0 Å². The summed E-state index contributed by atoms with van der Waals surface area (Å²) in [7, 11) is 0. The minimum absolute atomic E-state index is 0. The average Bonchev–Trinajstić information content (AvgIpc) is 1.36. The average molecular weight is 103 g/mol. The van der Waals surface area contributed by atoms with Crippen LogP contribution in [0.15, 0.2) is 0 Å². The van der Waals surface area contributed by atoms with Crippen LogP contribution in [-0.4, -0.2) is 11.8 Å². The van der Waals surface area contributed by atoms with Crippen LogP contribution in [0.2, 0.25) is 0 Å². The van der Waals surface area contributed by atoms with Crippen LogP contribution < -0.4 is 5.73 Å². The van der Waals surface area contributed by atoms with Crippen molar-refractivity contribution in [3.8, 4) is 0 Å². The van der Waals surface area contributed by atoms with Gasteiger partial charge in [-0.1, -0.05) is 7.43 Å². The Morgan fingerprint density at radius 3 is 1.86 bits per heavy atom. The van der Waals surface area contributed by atoms with Gasteiger partial charge in [0.05, 0.1) is 6.04 Å². The van der Waals surface area contributed by atoms with Gasteiger partial charge in [-0.3, -0.25) is 4.79 Å². The first-order valence-corrected chi connectivity index (χ1v) is 1.90. The molecule has 2 nitrogen and oxygen atoms in total. The fourth-order valence-corrected chi connectivity index (χ4v) is 0. The molecule has 0 amide bonds. The van der Waals surface area contributed by atoms with Crippen LogP contribution in [0.5, 0.6) is 0 Å². The Morgan fingerprint density at radius 1 is 1.71 bits per heavy atom. The van der Waals surface area contributed by atoms with E-state index in [2.05, 4.69) is 0 Å². The molecule has 2 N–H and O–H groups in total. The van der Waals surface area contributed by atoms with E-state index >= 15 is 0 Å². The first-order chi connectivity index (χ1) is 2.64. The smallest absolute Gasteiger partial charge is 0.146 e. The number of rotatable bonds is 1. The topological polar surface area (TPSA) is 43.1 Å². The zero-order chi connectivity index (χ0) is 5.15. The van der Waals surface area contributed by atoms with Gasteiger partial charge >= 0.3 is 0 Å². The third-order valence-electron chi connectivity index (χ3n) is 0.641. The lowest BCUT2D eigenvalue weighted by atomic mass is 10.3. The number of hydrogen-bond acceptors (Lipinski definition) is 2. The van der Waals surface area contributed by atoms with Crippen LogP contribution in [0.1, 0.15) is 21.3 Å². The molecule has 0 spiro atoms. The SMILES string of the molecule is C.CC(=O)C(C)N. The van der Waals surface area contributed by atoms with Gasteiger partial charge in [0.1, 0.15) is 5.78 Å². The number of carbonyl (C=O) groups is 1. The van der Waals surface area contributed by atoms with Gasteiger partial charge in [-0.05, 0) is 13.8 Å². The van der Waals surface area contributed by atoms with E-state index in [1.807, 2.05) is 0 Å². The largest absolute Gasteiger partial charge is 0.322 e. The molecule has 0 aromatic heterocycles. The van der Waals surface area contributed by atoms with Crippen LogP contribution in [0.3, 0.4) is 0 Å². The van der Waals surface area contributed by atoms with Crippen molar-refractivity contribution < 1.29 is 4.79 Å². The summed E-state index contributed by atoms with van der Waals surface area (Å²) >= 11 is 0. The number of carbonyl (C=O) groups excluding carboxylic acids is 1. The van der Waals surface area contributed by atoms with E-state index < -0.39 is 0 Å².